The number of rotatable bonds is 3. The van der Waals surface area contributed by atoms with E-state index in [1.807, 2.05) is 0 Å². The lowest BCUT2D eigenvalue weighted by molar-refractivity contribution is -0.448. The average Bonchev–Trinajstić information content (AvgIpc) is 1.99. The Labute approximate surface area is 62.6 Å². The number of allylic oxidation sites excluding steroid dienone is 1. The molecule has 6 heteroatoms. The van der Waals surface area contributed by atoms with Crippen molar-refractivity contribution in [1.82, 2.24) is 0 Å². The lowest BCUT2D eigenvalue weighted by Crippen LogP contribution is -2.69. The number of nitrogens with zero attached hydrogens (tertiary/aromatic N) is 1. The lowest BCUT2D eigenvalue weighted by Gasteiger charge is -1.87. The minimum atomic E-state index is -0.736. The van der Waals surface area contributed by atoms with E-state index in [0.29, 0.717) is 6.29 Å². The summed E-state index contributed by atoms with van der Waals surface area (Å²) in [5.41, 5.74) is 4.33. The zero-order chi connectivity index (χ0) is 8.85. The third kappa shape index (κ3) is 2.17. The van der Waals surface area contributed by atoms with Gasteiger partial charge in [0.2, 0.25) is 6.29 Å². The van der Waals surface area contributed by atoms with Gasteiger partial charge in [0.25, 0.3) is 0 Å². The van der Waals surface area contributed by atoms with E-state index in [1.54, 1.807) is 0 Å². The molecule has 0 rings (SSSR count). The highest BCUT2D eigenvalue weighted by molar-refractivity contribution is 6.32. The molecule has 0 bridgehead atoms. The molecule has 0 aromatic carbocycles. The van der Waals surface area contributed by atoms with Crippen LogP contribution in [0.2, 0.25) is 0 Å². The van der Waals surface area contributed by atoms with Crippen LogP contribution in [0.1, 0.15) is 0 Å². The number of nitrogens with two attached hydrogens (primary N) is 1. The SMILES string of the molecule is C[NH+]=C(C=O)C(=CN)[N+](=O)[O-]. The minimum absolute atomic E-state index is 0.141. The summed E-state index contributed by atoms with van der Waals surface area (Å²) in [6, 6.07) is 0. The van der Waals surface area contributed by atoms with Gasteiger partial charge in [-0.25, -0.2) is 4.99 Å². The Morgan fingerprint density at radius 2 is 2.27 bits per heavy atom. The maximum atomic E-state index is 10.1. The third-order valence-corrected chi connectivity index (χ3v) is 1.02. The molecule has 0 heterocycles. The summed E-state index contributed by atoms with van der Waals surface area (Å²) in [5.74, 6) is 0. The quantitative estimate of drug-likeness (QED) is 0.204. The summed E-state index contributed by atoms with van der Waals surface area (Å²) in [5, 5.41) is 10.1. The Hall–Kier alpha value is -1.72. The molecule has 0 aliphatic carbocycles. The molecule has 0 saturated carbocycles. The molecule has 0 aromatic rings. The second-order valence-electron chi connectivity index (χ2n) is 1.59. The largest absolute Gasteiger partial charge is 0.399 e. The molecule has 11 heavy (non-hydrogen) atoms. The number of hydrogen-bond donors (Lipinski definition) is 2. The molecule has 0 unspecified atom stereocenters. The standard InChI is InChI=1S/C5H7N3O3/c1-7-4(3-9)5(2-6)8(10)11/h2-3H,6H2,1H3/p+1. The van der Waals surface area contributed by atoms with Crippen LogP contribution in [-0.4, -0.2) is 24.0 Å². The molecule has 0 atom stereocenters. The van der Waals surface area contributed by atoms with Gasteiger partial charge in [-0.15, -0.1) is 0 Å². The smallest absolute Gasteiger partial charge is 0.358 e. The second kappa shape index (κ2) is 4.15. The number of carbonyl (C=O) groups excluding carboxylic acids is 1. The lowest BCUT2D eigenvalue weighted by atomic mass is 10.3. The predicted octanol–water partition coefficient (Wildman–Crippen LogP) is -2.59. The van der Waals surface area contributed by atoms with Crippen LogP contribution in [0.3, 0.4) is 0 Å². The Bertz CT molecular complexity index is 231. The molecule has 0 fully saturated rings. The van der Waals surface area contributed by atoms with Crippen molar-refractivity contribution in [3.8, 4) is 0 Å². The van der Waals surface area contributed by atoms with Crippen LogP contribution in [0.15, 0.2) is 11.9 Å². The molecule has 3 N–H and O–H groups in total. The van der Waals surface area contributed by atoms with Gasteiger partial charge < -0.3 is 5.73 Å². The molecule has 0 saturated heterocycles. The summed E-state index contributed by atoms with van der Waals surface area (Å²) < 4.78 is 0. The molecule has 60 valence electrons. The first-order valence-electron chi connectivity index (χ1n) is 2.74. The Balaban J connectivity index is 4.79. The monoisotopic (exact) mass is 158 g/mol. The molecule has 0 aliphatic heterocycles. The summed E-state index contributed by atoms with van der Waals surface area (Å²) >= 11 is 0. The van der Waals surface area contributed by atoms with E-state index in [1.165, 1.54) is 7.05 Å². The van der Waals surface area contributed by atoms with Crippen molar-refractivity contribution in [2.75, 3.05) is 7.05 Å². The van der Waals surface area contributed by atoms with Crippen molar-refractivity contribution in [2.24, 2.45) is 5.73 Å². The normalized spacial score (nSPS) is 12.8. The van der Waals surface area contributed by atoms with Crippen LogP contribution in [0.25, 0.3) is 0 Å². The van der Waals surface area contributed by atoms with Crippen molar-refractivity contribution in [3.63, 3.8) is 0 Å². The fraction of sp³-hybridized carbons (Fsp3) is 0.200. The van der Waals surface area contributed by atoms with Gasteiger partial charge in [-0.3, -0.25) is 14.9 Å². The number of nitro groups is 1. The Morgan fingerprint density at radius 1 is 1.73 bits per heavy atom. The van der Waals surface area contributed by atoms with E-state index >= 15 is 0 Å². The molecule has 6 nitrogen and oxygen atoms in total. The van der Waals surface area contributed by atoms with E-state index in [2.05, 4.69) is 4.99 Å². The fourth-order valence-corrected chi connectivity index (χ4v) is 0.496. The third-order valence-electron chi connectivity index (χ3n) is 1.02. The molecule has 0 spiro atoms. The summed E-state index contributed by atoms with van der Waals surface area (Å²) in [6.45, 7) is 0. The van der Waals surface area contributed by atoms with Gasteiger partial charge in [0.15, 0.2) is 0 Å². The molecule has 0 amide bonds. The Kier molecular flexibility index (Phi) is 3.50. The van der Waals surface area contributed by atoms with Crippen molar-refractivity contribution < 1.29 is 14.7 Å². The van der Waals surface area contributed by atoms with Gasteiger partial charge in [0, 0.05) is 0 Å². The summed E-state index contributed by atoms with van der Waals surface area (Å²) in [4.78, 5) is 21.9. The highest BCUT2D eigenvalue weighted by atomic mass is 16.6. The van der Waals surface area contributed by atoms with Crippen LogP contribution in [0, 0.1) is 10.1 Å². The van der Waals surface area contributed by atoms with Gasteiger partial charge in [0.1, 0.15) is 7.05 Å². The van der Waals surface area contributed by atoms with E-state index in [4.69, 9.17) is 5.73 Å². The first-order chi connectivity index (χ1) is 5.17. The predicted molar refractivity (Wildman–Crippen MR) is 37.2 cm³/mol. The fourth-order valence-electron chi connectivity index (χ4n) is 0.496. The van der Waals surface area contributed by atoms with Crippen LogP contribution >= 0.6 is 0 Å². The van der Waals surface area contributed by atoms with Crippen LogP contribution in [0.5, 0.6) is 0 Å². The highest BCUT2D eigenvalue weighted by Gasteiger charge is 2.22. The van der Waals surface area contributed by atoms with Crippen molar-refractivity contribution in [1.29, 1.82) is 0 Å². The van der Waals surface area contributed by atoms with E-state index in [0.717, 1.165) is 6.20 Å². The van der Waals surface area contributed by atoms with Crippen molar-refractivity contribution in [3.05, 3.63) is 22.0 Å². The summed E-state index contributed by atoms with van der Waals surface area (Å²) in [6.07, 6.45) is 1.10. The van der Waals surface area contributed by atoms with Crippen LogP contribution < -0.4 is 10.7 Å². The Morgan fingerprint density at radius 3 is 2.36 bits per heavy atom. The number of carbonyl (C=O) groups is 1. The van der Waals surface area contributed by atoms with E-state index < -0.39 is 10.6 Å². The molecule has 0 radical (unpaired) electrons. The topological polar surface area (TPSA) is 100 Å². The first kappa shape index (κ1) is 9.28. The van der Waals surface area contributed by atoms with Crippen LogP contribution in [0.4, 0.5) is 0 Å². The van der Waals surface area contributed by atoms with E-state index in [9.17, 15) is 14.9 Å². The molecular formula is C5H8N3O3+. The highest BCUT2D eigenvalue weighted by Crippen LogP contribution is 1.89. The van der Waals surface area contributed by atoms with Gasteiger partial charge in [-0.1, -0.05) is 0 Å². The van der Waals surface area contributed by atoms with Crippen LogP contribution in [-0.2, 0) is 4.79 Å². The second-order valence-corrected chi connectivity index (χ2v) is 1.59. The van der Waals surface area contributed by atoms with Crippen molar-refractivity contribution >= 4 is 12.0 Å². The number of nitrogens with one attached hydrogen (secondary N) is 1. The van der Waals surface area contributed by atoms with Crippen molar-refractivity contribution in [2.45, 2.75) is 0 Å². The van der Waals surface area contributed by atoms with Gasteiger partial charge in [-0.2, -0.15) is 0 Å². The van der Waals surface area contributed by atoms with E-state index in [-0.39, 0.29) is 5.71 Å². The minimum Gasteiger partial charge on any atom is -0.399 e. The maximum Gasteiger partial charge on any atom is 0.358 e. The number of hydrogen-bond acceptors (Lipinski definition) is 4. The van der Waals surface area contributed by atoms with Gasteiger partial charge >= 0.3 is 11.4 Å². The molecule has 0 aromatic heterocycles. The zero-order valence-corrected chi connectivity index (χ0v) is 5.90. The molecular weight excluding hydrogens is 150 g/mol. The maximum absolute atomic E-state index is 10.1. The van der Waals surface area contributed by atoms with Gasteiger partial charge in [0.05, 0.1) is 11.1 Å². The summed E-state index contributed by atoms with van der Waals surface area (Å²) in [7, 11) is 1.40. The number of aldehydes is 1. The average molecular weight is 158 g/mol. The van der Waals surface area contributed by atoms with Gasteiger partial charge in [-0.05, 0) is 0 Å². The first-order valence-corrected chi connectivity index (χ1v) is 2.74. The molecule has 0 aliphatic rings. The zero-order valence-electron chi connectivity index (χ0n) is 5.90.